The van der Waals surface area contributed by atoms with E-state index in [1.165, 1.54) is 6.07 Å². The number of hydrogen-bond donors (Lipinski definition) is 1. The van der Waals surface area contributed by atoms with Gasteiger partial charge in [0.15, 0.2) is 0 Å². The van der Waals surface area contributed by atoms with Gasteiger partial charge in [-0.2, -0.15) is 0 Å². The smallest absolute Gasteiger partial charge is 0.129 e. The third kappa shape index (κ3) is 6.67. The van der Waals surface area contributed by atoms with Gasteiger partial charge < -0.3 is 14.6 Å². The highest BCUT2D eigenvalue weighted by atomic mass is 19.1. The summed E-state index contributed by atoms with van der Waals surface area (Å²) in [6, 6.07) is 4.68. The Morgan fingerprint density at radius 1 is 1.25 bits per heavy atom. The van der Waals surface area contributed by atoms with Crippen LogP contribution in [-0.2, 0) is 16.1 Å². The molecule has 0 spiro atoms. The van der Waals surface area contributed by atoms with Gasteiger partial charge in [-0.25, -0.2) is 4.39 Å². The van der Waals surface area contributed by atoms with Crippen LogP contribution >= 0.6 is 0 Å². The molecule has 0 amide bonds. The summed E-state index contributed by atoms with van der Waals surface area (Å²) in [4.78, 5) is 0. The summed E-state index contributed by atoms with van der Waals surface area (Å²) in [5.74, 6) is 4.78. The molecule has 1 N–H and O–H groups in total. The van der Waals surface area contributed by atoms with Crippen molar-refractivity contribution in [3.63, 3.8) is 0 Å². The molecular formula is C16H21FO3. The van der Waals surface area contributed by atoms with Crippen LogP contribution in [0.3, 0.4) is 0 Å². The maximum atomic E-state index is 13.7. The Kier molecular flexibility index (Phi) is 6.66. The minimum atomic E-state index is -0.355. The Hall–Kier alpha value is -1.41. The van der Waals surface area contributed by atoms with Crippen molar-refractivity contribution < 1.29 is 19.0 Å². The first-order valence-corrected chi connectivity index (χ1v) is 6.52. The van der Waals surface area contributed by atoms with E-state index in [1.54, 1.807) is 12.1 Å². The van der Waals surface area contributed by atoms with Crippen molar-refractivity contribution in [2.75, 3.05) is 19.8 Å². The molecule has 0 fully saturated rings. The van der Waals surface area contributed by atoms with Crippen LogP contribution in [0.25, 0.3) is 0 Å². The SMILES string of the molecule is CC(C)(C)OCCOCc1ccc(C#CCO)cc1F. The molecule has 0 bridgehead atoms. The quantitative estimate of drug-likeness (QED) is 0.665. The third-order valence-electron chi connectivity index (χ3n) is 2.39. The van der Waals surface area contributed by atoms with Gasteiger partial charge in [0.25, 0.3) is 0 Å². The molecule has 4 heteroatoms. The standard InChI is InChI=1S/C16H21FO3/c1-16(2,3)20-10-9-19-12-14-7-6-13(5-4-8-18)11-15(14)17/h6-7,11,18H,8-10,12H2,1-3H3. The predicted molar refractivity (Wildman–Crippen MR) is 75.7 cm³/mol. The second kappa shape index (κ2) is 8.01. The monoisotopic (exact) mass is 280 g/mol. The van der Waals surface area contributed by atoms with E-state index >= 15 is 0 Å². The zero-order chi connectivity index (χ0) is 15.0. The number of hydrogen-bond acceptors (Lipinski definition) is 3. The molecule has 0 aliphatic rings. The molecule has 0 saturated heterocycles. The fourth-order valence-corrected chi connectivity index (χ4v) is 1.47. The minimum absolute atomic E-state index is 0.193. The number of benzene rings is 1. The van der Waals surface area contributed by atoms with Crippen LogP contribution in [0.1, 0.15) is 31.9 Å². The Morgan fingerprint density at radius 2 is 2.00 bits per heavy atom. The van der Waals surface area contributed by atoms with Crippen LogP contribution in [0, 0.1) is 17.7 Å². The molecule has 20 heavy (non-hydrogen) atoms. The van der Waals surface area contributed by atoms with E-state index in [0.29, 0.717) is 24.3 Å². The van der Waals surface area contributed by atoms with Gasteiger partial charge in [0.1, 0.15) is 12.4 Å². The lowest BCUT2D eigenvalue weighted by Crippen LogP contribution is -2.21. The molecule has 0 aliphatic heterocycles. The van der Waals surface area contributed by atoms with Gasteiger partial charge in [0.05, 0.1) is 25.4 Å². The summed E-state index contributed by atoms with van der Waals surface area (Å²) in [7, 11) is 0. The van der Waals surface area contributed by atoms with Crippen molar-refractivity contribution in [1.29, 1.82) is 0 Å². The van der Waals surface area contributed by atoms with Crippen molar-refractivity contribution in [3.05, 3.63) is 35.1 Å². The van der Waals surface area contributed by atoms with Gasteiger partial charge >= 0.3 is 0 Å². The van der Waals surface area contributed by atoms with Gasteiger partial charge in [-0.05, 0) is 32.9 Å². The van der Waals surface area contributed by atoms with Crippen LogP contribution in [0.5, 0.6) is 0 Å². The fourth-order valence-electron chi connectivity index (χ4n) is 1.47. The van der Waals surface area contributed by atoms with Crippen LogP contribution in [0.4, 0.5) is 4.39 Å². The summed E-state index contributed by atoms with van der Waals surface area (Å²) in [6.45, 7) is 6.78. The van der Waals surface area contributed by atoms with Gasteiger partial charge in [-0.15, -0.1) is 0 Å². The average Bonchev–Trinajstić information content (AvgIpc) is 2.36. The molecule has 0 aliphatic carbocycles. The summed E-state index contributed by atoms with van der Waals surface area (Å²) >= 11 is 0. The number of halogens is 1. The number of aliphatic hydroxyl groups is 1. The Labute approximate surface area is 119 Å². The van der Waals surface area contributed by atoms with Gasteiger partial charge in [0.2, 0.25) is 0 Å². The lowest BCUT2D eigenvalue weighted by molar-refractivity contribution is -0.0379. The van der Waals surface area contributed by atoms with Crippen LogP contribution in [-0.4, -0.2) is 30.5 Å². The first kappa shape index (κ1) is 16.6. The van der Waals surface area contributed by atoms with Crippen molar-refractivity contribution in [2.24, 2.45) is 0 Å². The second-order valence-electron chi connectivity index (χ2n) is 5.28. The van der Waals surface area contributed by atoms with Crippen LogP contribution < -0.4 is 0 Å². The molecule has 0 atom stereocenters. The maximum absolute atomic E-state index is 13.7. The van der Waals surface area contributed by atoms with Crippen molar-refractivity contribution in [3.8, 4) is 11.8 Å². The Morgan fingerprint density at radius 3 is 2.60 bits per heavy atom. The van der Waals surface area contributed by atoms with E-state index in [2.05, 4.69) is 11.8 Å². The highest BCUT2D eigenvalue weighted by Gasteiger charge is 2.09. The van der Waals surface area contributed by atoms with E-state index in [-0.39, 0.29) is 24.6 Å². The summed E-state index contributed by atoms with van der Waals surface area (Å²) in [6.07, 6.45) is 0. The Bertz CT molecular complexity index is 481. The molecular weight excluding hydrogens is 259 g/mol. The lowest BCUT2D eigenvalue weighted by Gasteiger charge is -2.19. The highest BCUT2D eigenvalue weighted by Crippen LogP contribution is 2.11. The molecule has 0 unspecified atom stereocenters. The molecule has 0 saturated carbocycles. The van der Waals surface area contributed by atoms with E-state index in [4.69, 9.17) is 14.6 Å². The molecule has 1 aromatic carbocycles. The molecule has 3 nitrogen and oxygen atoms in total. The maximum Gasteiger partial charge on any atom is 0.129 e. The molecule has 1 aromatic rings. The van der Waals surface area contributed by atoms with Crippen LogP contribution in [0.2, 0.25) is 0 Å². The largest absolute Gasteiger partial charge is 0.384 e. The zero-order valence-corrected chi connectivity index (χ0v) is 12.2. The van der Waals surface area contributed by atoms with Gasteiger partial charge in [-0.1, -0.05) is 17.9 Å². The summed E-state index contributed by atoms with van der Waals surface area (Å²) in [5, 5.41) is 8.58. The van der Waals surface area contributed by atoms with Gasteiger partial charge in [-0.3, -0.25) is 0 Å². The van der Waals surface area contributed by atoms with Crippen molar-refractivity contribution >= 4 is 0 Å². The number of rotatable bonds is 5. The first-order chi connectivity index (χ1) is 9.42. The lowest BCUT2D eigenvalue weighted by atomic mass is 10.1. The minimum Gasteiger partial charge on any atom is -0.384 e. The second-order valence-corrected chi connectivity index (χ2v) is 5.28. The first-order valence-electron chi connectivity index (χ1n) is 6.52. The van der Waals surface area contributed by atoms with E-state index in [0.717, 1.165) is 0 Å². The van der Waals surface area contributed by atoms with Crippen molar-refractivity contribution in [1.82, 2.24) is 0 Å². The topological polar surface area (TPSA) is 38.7 Å². The van der Waals surface area contributed by atoms with E-state index in [1.807, 2.05) is 20.8 Å². The zero-order valence-electron chi connectivity index (χ0n) is 12.2. The predicted octanol–water partition coefficient (Wildman–Crippen LogP) is 2.50. The highest BCUT2D eigenvalue weighted by molar-refractivity contribution is 5.36. The molecule has 0 aromatic heterocycles. The third-order valence-corrected chi connectivity index (χ3v) is 2.39. The molecule has 1 rings (SSSR count). The molecule has 110 valence electrons. The average molecular weight is 280 g/mol. The Balaban J connectivity index is 2.41. The molecule has 0 radical (unpaired) electrons. The van der Waals surface area contributed by atoms with E-state index in [9.17, 15) is 4.39 Å². The number of ether oxygens (including phenoxy) is 2. The van der Waals surface area contributed by atoms with Crippen molar-refractivity contribution in [2.45, 2.75) is 33.0 Å². The van der Waals surface area contributed by atoms with Gasteiger partial charge in [0, 0.05) is 11.1 Å². The van der Waals surface area contributed by atoms with E-state index < -0.39 is 0 Å². The summed E-state index contributed by atoms with van der Waals surface area (Å²) in [5.41, 5.74) is 0.827. The van der Waals surface area contributed by atoms with Crippen LogP contribution in [0.15, 0.2) is 18.2 Å². The normalized spacial score (nSPS) is 11.1. The molecule has 0 heterocycles. The number of aliphatic hydroxyl groups excluding tert-OH is 1. The fraction of sp³-hybridized carbons (Fsp3) is 0.500. The summed E-state index contributed by atoms with van der Waals surface area (Å²) < 4.78 is 24.6.